The number of halogens is 1. The number of methoxy groups -OCH3 is 2. The molecule has 0 spiro atoms. The Labute approximate surface area is 385 Å². The van der Waals surface area contributed by atoms with Gasteiger partial charge in [0, 0.05) is 63.2 Å². The molecule has 0 fully saturated rings. The number of alkyl carbamates (subject to hydrolysis) is 2. The zero-order valence-electron chi connectivity index (χ0n) is 38.8. The van der Waals surface area contributed by atoms with Crippen LogP contribution in [0.15, 0.2) is 85.7 Å². The molecule has 2 aromatic carbocycles. The molecule has 19 heteroatoms. The van der Waals surface area contributed by atoms with Gasteiger partial charge in [-0.05, 0) is 114 Å². The topological polar surface area (TPSA) is 220 Å². The molecule has 0 bridgehead atoms. The van der Waals surface area contributed by atoms with Gasteiger partial charge in [0.05, 0.1) is 61.5 Å². The SMILES string of the molecule is COCCn1cc(N)cn1.COCCn1cc(Nc2nccc(-c3ccc(CNC(=O)OC(C)(C)C)c(C)c3)n2)cn1.Cc1cc(-c2ccnc(Cl)n2)ccc1CNC(=O)OC(C)(C)C. The van der Waals surface area contributed by atoms with Crippen molar-refractivity contribution in [3.63, 3.8) is 0 Å². The maximum absolute atomic E-state index is 11.9. The summed E-state index contributed by atoms with van der Waals surface area (Å²) in [6.07, 6.45) is 9.48. The van der Waals surface area contributed by atoms with Crippen LogP contribution in [0.1, 0.15) is 63.8 Å². The van der Waals surface area contributed by atoms with E-state index in [9.17, 15) is 9.59 Å². The number of aryl methyl sites for hydroxylation is 2. The lowest BCUT2D eigenvalue weighted by atomic mass is 10.0. The van der Waals surface area contributed by atoms with Crippen molar-refractivity contribution in [1.82, 2.24) is 50.1 Å². The average molecular weight is 914 g/mol. The standard InChI is InChI=1S/C23H30N6O3.C17H20ClN3O2.C6H11N3O/c1-16-12-17(6-7-18(16)13-25-22(30)32-23(2,3)4)20-8-9-24-21(28-20)27-19-14-26-29(15-19)10-11-31-5;1-11-9-12(14-7-8-19-15(18)21-14)5-6-13(11)10-20-16(22)23-17(2,3)4;1-10-3-2-9-5-6(7)4-8-9/h6-9,12,14-15H,10-11,13H2,1-5H3,(H,25,30)(H,24,27,28);5-9H,10H2,1-4H3,(H,20,22);4-5H,2-3,7H2,1H3. The third-order valence-electron chi connectivity index (χ3n) is 8.79. The molecule has 6 rings (SSSR count). The summed E-state index contributed by atoms with van der Waals surface area (Å²) in [5.41, 5.74) is 13.5. The maximum atomic E-state index is 11.9. The van der Waals surface area contributed by atoms with Gasteiger partial charge >= 0.3 is 12.2 Å². The van der Waals surface area contributed by atoms with Crippen LogP contribution >= 0.6 is 11.6 Å². The number of hydrogen-bond donors (Lipinski definition) is 4. The first-order valence-corrected chi connectivity index (χ1v) is 21.2. The van der Waals surface area contributed by atoms with Crippen molar-refractivity contribution in [3.05, 3.63) is 113 Å². The van der Waals surface area contributed by atoms with Crippen LogP contribution in [0, 0.1) is 13.8 Å². The normalized spacial score (nSPS) is 11.1. The monoisotopic (exact) mass is 912 g/mol. The maximum Gasteiger partial charge on any atom is 0.407 e. The third-order valence-corrected chi connectivity index (χ3v) is 8.98. The number of aromatic nitrogens is 8. The Hall–Kier alpha value is -6.63. The summed E-state index contributed by atoms with van der Waals surface area (Å²) >= 11 is 5.82. The van der Waals surface area contributed by atoms with E-state index >= 15 is 0 Å². The highest BCUT2D eigenvalue weighted by Gasteiger charge is 2.17. The predicted molar refractivity (Wildman–Crippen MR) is 251 cm³/mol. The summed E-state index contributed by atoms with van der Waals surface area (Å²) in [5.74, 6) is 0.488. The van der Waals surface area contributed by atoms with Crippen LogP contribution in [0.2, 0.25) is 5.28 Å². The molecule has 18 nitrogen and oxygen atoms in total. The van der Waals surface area contributed by atoms with Crippen LogP contribution in [-0.2, 0) is 45.1 Å². The van der Waals surface area contributed by atoms with Gasteiger partial charge in [0.1, 0.15) is 11.2 Å². The number of benzene rings is 2. The molecule has 0 saturated carbocycles. The fourth-order valence-corrected chi connectivity index (χ4v) is 5.84. The molecule has 0 unspecified atom stereocenters. The van der Waals surface area contributed by atoms with Gasteiger partial charge < -0.3 is 40.6 Å². The number of anilines is 3. The van der Waals surface area contributed by atoms with E-state index in [1.807, 2.05) is 104 Å². The predicted octanol–water partition coefficient (Wildman–Crippen LogP) is 8.31. The van der Waals surface area contributed by atoms with Gasteiger partial charge in [0.2, 0.25) is 11.2 Å². The zero-order valence-corrected chi connectivity index (χ0v) is 39.6. The van der Waals surface area contributed by atoms with Gasteiger partial charge in [-0.1, -0.05) is 24.3 Å². The molecule has 4 heterocycles. The molecule has 0 saturated heterocycles. The van der Waals surface area contributed by atoms with Crippen LogP contribution < -0.4 is 21.7 Å². The highest BCUT2D eigenvalue weighted by molar-refractivity contribution is 6.28. The van der Waals surface area contributed by atoms with Crippen LogP contribution in [0.5, 0.6) is 0 Å². The Morgan fingerprint density at radius 3 is 1.65 bits per heavy atom. The molecular formula is C46H61ClN12O6. The van der Waals surface area contributed by atoms with Gasteiger partial charge in [0.15, 0.2) is 0 Å². The molecule has 0 aliphatic heterocycles. The second-order valence-corrected chi connectivity index (χ2v) is 16.9. The highest BCUT2D eigenvalue weighted by atomic mass is 35.5. The molecule has 4 aromatic heterocycles. The van der Waals surface area contributed by atoms with Crippen LogP contribution in [0.25, 0.3) is 22.5 Å². The van der Waals surface area contributed by atoms with E-state index in [2.05, 4.69) is 46.1 Å². The van der Waals surface area contributed by atoms with Crippen molar-refractivity contribution >= 4 is 41.1 Å². The van der Waals surface area contributed by atoms with Crippen molar-refractivity contribution < 1.29 is 28.5 Å². The number of amides is 2. The number of rotatable bonds is 14. The first-order chi connectivity index (χ1) is 30.8. The minimum Gasteiger partial charge on any atom is -0.444 e. The lowest BCUT2D eigenvalue weighted by Gasteiger charge is -2.20. The van der Waals surface area contributed by atoms with E-state index in [-0.39, 0.29) is 5.28 Å². The molecule has 0 radical (unpaired) electrons. The largest absolute Gasteiger partial charge is 0.444 e. The van der Waals surface area contributed by atoms with Crippen molar-refractivity contribution in [2.45, 2.75) is 92.8 Å². The van der Waals surface area contributed by atoms with Crippen molar-refractivity contribution in [2.24, 2.45) is 0 Å². The summed E-state index contributed by atoms with van der Waals surface area (Å²) in [5, 5.41) is 17.2. The Bertz CT molecular complexity index is 2440. The number of carbonyl (C=O) groups excluding carboxylic acids is 2. The smallest absolute Gasteiger partial charge is 0.407 e. The molecular weight excluding hydrogens is 852 g/mol. The molecule has 5 N–H and O–H groups in total. The molecule has 0 aliphatic rings. The summed E-state index contributed by atoms with van der Waals surface area (Å²) in [7, 11) is 3.32. The summed E-state index contributed by atoms with van der Waals surface area (Å²) < 4.78 is 24.0. The number of nitrogens with one attached hydrogen (secondary N) is 3. The highest BCUT2D eigenvalue weighted by Crippen LogP contribution is 2.24. The zero-order chi connectivity index (χ0) is 47.6. The lowest BCUT2D eigenvalue weighted by Crippen LogP contribution is -2.32. The first-order valence-electron chi connectivity index (χ1n) is 20.8. The molecule has 65 heavy (non-hydrogen) atoms. The average Bonchev–Trinajstić information content (AvgIpc) is 3.88. The molecule has 0 atom stereocenters. The first kappa shape index (κ1) is 51.0. The number of nitrogens with two attached hydrogens (primary N) is 1. The molecule has 0 aliphatic carbocycles. The Balaban J connectivity index is 0.000000243. The quantitative estimate of drug-likeness (QED) is 0.0756. The summed E-state index contributed by atoms with van der Waals surface area (Å²) in [6, 6.07) is 15.6. The Kier molecular flexibility index (Phi) is 19.2. The second kappa shape index (κ2) is 24.4. The van der Waals surface area contributed by atoms with Gasteiger partial charge in [-0.2, -0.15) is 10.2 Å². The van der Waals surface area contributed by atoms with Crippen molar-refractivity contribution in [3.8, 4) is 22.5 Å². The van der Waals surface area contributed by atoms with E-state index in [0.717, 1.165) is 57.0 Å². The summed E-state index contributed by atoms with van der Waals surface area (Å²) in [4.78, 5) is 40.6. The van der Waals surface area contributed by atoms with Crippen molar-refractivity contribution in [2.75, 3.05) is 38.5 Å². The van der Waals surface area contributed by atoms with Gasteiger partial charge in [-0.25, -0.2) is 29.5 Å². The Morgan fingerprint density at radius 2 is 1.18 bits per heavy atom. The number of nitrogens with zero attached hydrogens (tertiary/aromatic N) is 8. The van der Waals surface area contributed by atoms with Crippen LogP contribution in [-0.4, -0.2) is 90.3 Å². The van der Waals surface area contributed by atoms with Gasteiger partial charge in [-0.15, -0.1) is 0 Å². The molecule has 2 amide bonds. The Morgan fingerprint density at radius 1 is 0.692 bits per heavy atom. The summed E-state index contributed by atoms with van der Waals surface area (Å²) in [6.45, 7) is 18.5. The third kappa shape index (κ3) is 18.6. The van der Waals surface area contributed by atoms with Crippen molar-refractivity contribution in [1.29, 1.82) is 0 Å². The number of nitrogen functional groups attached to an aromatic ring is 1. The van der Waals surface area contributed by atoms with Crippen LogP contribution in [0.3, 0.4) is 0 Å². The minimum atomic E-state index is -0.523. The number of hydrogen-bond acceptors (Lipinski definition) is 14. The van der Waals surface area contributed by atoms with E-state index in [4.69, 9.17) is 36.3 Å². The van der Waals surface area contributed by atoms with E-state index in [1.165, 1.54) is 0 Å². The number of ether oxygens (including phenoxy) is 4. The van der Waals surface area contributed by atoms with E-state index in [1.54, 1.807) is 60.6 Å². The fraction of sp³-hybridized carbons (Fsp3) is 0.391. The van der Waals surface area contributed by atoms with E-state index < -0.39 is 23.4 Å². The minimum absolute atomic E-state index is 0.218. The fourth-order valence-electron chi connectivity index (χ4n) is 5.70. The van der Waals surface area contributed by atoms with Gasteiger partial charge in [-0.3, -0.25) is 9.36 Å². The molecule has 348 valence electrons. The van der Waals surface area contributed by atoms with E-state index in [0.29, 0.717) is 44.5 Å². The number of carbonyl (C=O) groups is 2. The second-order valence-electron chi connectivity index (χ2n) is 16.6. The van der Waals surface area contributed by atoms with Gasteiger partial charge in [0.25, 0.3) is 0 Å². The lowest BCUT2D eigenvalue weighted by molar-refractivity contribution is 0.0512. The van der Waals surface area contributed by atoms with Crippen LogP contribution in [0.4, 0.5) is 26.9 Å². The molecule has 6 aromatic rings.